The van der Waals surface area contributed by atoms with Gasteiger partial charge in [-0.15, -0.1) is 0 Å². The van der Waals surface area contributed by atoms with Crippen LogP contribution in [0.3, 0.4) is 0 Å². The third-order valence-electron chi connectivity index (χ3n) is 0.123. The van der Waals surface area contributed by atoms with Crippen molar-refractivity contribution in [2.45, 2.75) is 0 Å². The molecular formula is C2H3ClNO. The highest BCUT2D eigenvalue weighted by molar-refractivity contribution is 6.17. The van der Waals surface area contributed by atoms with Gasteiger partial charge in [0.25, 0.3) is 0 Å². The monoisotopic (exact) mass is 92.0 g/mol. The fraction of sp³-hybridized carbons (Fsp3) is 0.500. The molecule has 0 rings (SSSR count). The van der Waals surface area contributed by atoms with Gasteiger partial charge in [-0.25, -0.2) is 0 Å². The predicted octanol–water partition coefficient (Wildman–Crippen LogP) is 0.692. The van der Waals surface area contributed by atoms with Gasteiger partial charge in [0.1, 0.15) is 0 Å². The van der Waals surface area contributed by atoms with Gasteiger partial charge in [-0.1, -0.05) is 16.8 Å². The van der Waals surface area contributed by atoms with Crippen LogP contribution in [0.4, 0.5) is 0 Å². The van der Waals surface area contributed by atoms with E-state index in [-0.39, 0.29) is 6.07 Å². The average Bonchev–Trinajstić information content (AvgIpc) is 1.41. The lowest BCUT2D eigenvalue weighted by molar-refractivity contribution is 0.196. The van der Waals surface area contributed by atoms with Crippen molar-refractivity contribution in [3.8, 4) is 0 Å². The van der Waals surface area contributed by atoms with Crippen molar-refractivity contribution in [3.05, 3.63) is 0 Å². The molecule has 0 spiro atoms. The average molecular weight is 92.5 g/mol. The van der Waals surface area contributed by atoms with Crippen LogP contribution in [0, 0.1) is 0 Å². The Morgan fingerprint density at radius 1 is 2.00 bits per heavy atom. The summed E-state index contributed by atoms with van der Waals surface area (Å²) in [6, 6.07) is 0.0243. The van der Waals surface area contributed by atoms with Crippen LogP contribution in [0.2, 0.25) is 0 Å². The Labute approximate surface area is 35.4 Å². The van der Waals surface area contributed by atoms with E-state index in [1.54, 1.807) is 0 Å². The maximum absolute atomic E-state index is 4.91. The Hall–Kier alpha value is -0.240. The first-order valence-corrected chi connectivity index (χ1v) is 1.53. The first-order valence-electron chi connectivity index (χ1n) is 0.997. The van der Waals surface area contributed by atoms with Gasteiger partial charge in [-0.2, -0.15) is 0 Å². The van der Waals surface area contributed by atoms with Gasteiger partial charge in [-0.05, 0) is 0 Å². The summed E-state index contributed by atoms with van der Waals surface area (Å²) in [5, 5.41) is 2.72. The SMILES string of the molecule is [CH]=NOCCl. The summed E-state index contributed by atoms with van der Waals surface area (Å²) in [6.45, 7) is 4.46. The van der Waals surface area contributed by atoms with Gasteiger partial charge >= 0.3 is 0 Å². The Kier molecular flexibility index (Phi) is 3.58. The summed E-state index contributed by atoms with van der Waals surface area (Å²) in [7, 11) is 0. The zero-order chi connectivity index (χ0) is 4.12. The van der Waals surface area contributed by atoms with Crippen molar-refractivity contribution < 1.29 is 4.84 Å². The standard InChI is InChI=1S/C2H3ClNO/c1-4-5-2-3/h1H,2H2. The number of hydrogen-bond acceptors (Lipinski definition) is 2. The van der Waals surface area contributed by atoms with Crippen molar-refractivity contribution in [2.24, 2.45) is 5.16 Å². The molecule has 0 heterocycles. The van der Waals surface area contributed by atoms with E-state index in [2.05, 4.69) is 16.7 Å². The van der Waals surface area contributed by atoms with Crippen molar-refractivity contribution in [1.29, 1.82) is 0 Å². The highest BCUT2D eigenvalue weighted by Gasteiger charge is 1.60. The van der Waals surface area contributed by atoms with Gasteiger partial charge in [0.15, 0.2) is 6.07 Å². The molecule has 1 radical (unpaired) electrons. The van der Waals surface area contributed by atoms with Gasteiger partial charge in [0.05, 0.1) is 6.72 Å². The van der Waals surface area contributed by atoms with Crippen LogP contribution >= 0.6 is 11.6 Å². The number of rotatable bonds is 2. The van der Waals surface area contributed by atoms with Gasteiger partial charge in [-0.3, -0.25) is 0 Å². The lowest BCUT2D eigenvalue weighted by Gasteiger charge is -1.79. The highest BCUT2D eigenvalue weighted by Crippen LogP contribution is 1.73. The fourth-order valence-corrected chi connectivity index (χ4v) is 0.0845. The molecule has 0 atom stereocenters. The molecule has 0 amide bonds. The molecule has 0 fully saturated rings. The Morgan fingerprint density at radius 2 is 2.60 bits per heavy atom. The Bertz CT molecular complexity index is 30.8. The zero-order valence-corrected chi connectivity index (χ0v) is 3.27. The van der Waals surface area contributed by atoms with Crippen LogP contribution in [-0.4, -0.2) is 12.8 Å². The Morgan fingerprint density at radius 3 is 2.60 bits per heavy atom. The van der Waals surface area contributed by atoms with Crippen LogP contribution < -0.4 is 0 Å². The molecule has 2 nitrogen and oxygen atoms in total. The number of halogens is 1. The van der Waals surface area contributed by atoms with E-state index in [9.17, 15) is 0 Å². The van der Waals surface area contributed by atoms with Gasteiger partial charge < -0.3 is 4.84 Å². The van der Waals surface area contributed by atoms with Crippen molar-refractivity contribution in [3.63, 3.8) is 0 Å². The summed E-state index contributed by atoms with van der Waals surface area (Å²) >= 11 is 4.91. The third kappa shape index (κ3) is 3.76. The smallest absolute Gasteiger partial charge is 0.190 e. The molecule has 0 aromatic carbocycles. The van der Waals surface area contributed by atoms with Gasteiger partial charge in [0.2, 0.25) is 0 Å². The largest absolute Gasteiger partial charge is 0.380 e. The normalized spacial score (nSPS) is 6.60. The number of alkyl halides is 1. The van der Waals surface area contributed by atoms with E-state index in [0.717, 1.165) is 0 Å². The minimum Gasteiger partial charge on any atom is -0.380 e. The molecule has 0 aromatic heterocycles. The van der Waals surface area contributed by atoms with E-state index < -0.39 is 0 Å². The summed E-state index contributed by atoms with van der Waals surface area (Å²) in [5.74, 6) is 0. The fourth-order valence-electron chi connectivity index (χ4n) is 0.0282. The summed E-state index contributed by atoms with van der Waals surface area (Å²) in [4.78, 5) is 4.00. The molecule has 0 saturated heterocycles. The zero-order valence-electron chi connectivity index (χ0n) is 2.52. The molecule has 0 aliphatic heterocycles. The van der Waals surface area contributed by atoms with Crippen molar-refractivity contribution >= 4 is 18.3 Å². The predicted molar refractivity (Wildman–Crippen MR) is 20.3 cm³/mol. The number of hydrogen-bond donors (Lipinski definition) is 0. The van der Waals surface area contributed by atoms with E-state index >= 15 is 0 Å². The minimum atomic E-state index is 0.0243. The van der Waals surface area contributed by atoms with Crippen LogP contribution in [-0.2, 0) is 4.84 Å². The molecule has 29 valence electrons. The second-order valence-corrected chi connectivity index (χ2v) is 0.562. The molecular weight excluding hydrogens is 89.5 g/mol. The molecule has 0 saturated carbocycles. The summed E-state index contributed by atoms with van der Waals surface area (Å²) in [5.41, 5.74) is 0. The van der Waals surface area contributed by atoms with Crippen molar-refractivity contribution in [1.82, 2.24) is 0 Å². The van der Waals surface area contributed by atoms with E-state index in [4.69, 9.17) is 11.6 Å². The topological polar surface area (TPSA) is 21.6 Å². The second-order valence-electron chi connectivity index (χ2n) is 0.344. The van der Waals surface area contributed by atoms with Crippen LogP contribution in [0.5, 0.6) is 0 Å². The van der Waals surface area contributed by atoms with Crippen molar-refractivity contribution in [2.75, 3.05) is 6.07 Å². The van der Waals surface area contributed by atoms with E-state index in [1.807, 2.05) is 0 Å². The lowest BCUT2D eigenvalue weighted by Crippen LogP contribution is -1.68. The van der Waals surface area contributed by atoms with Crippen LogP contribution in [0.15, 0.2) is 5.16 Å². The molecule has 0 N–H and O–H groups in total. The lowest BCUT2D eigenvalue weighted by atomic mass is 11.7. The molecule has 0 aliphatic carbocycles. The quantitative estimate of drug-likeness (QED) is 0.279. The van der Waals surface area contributed by atoms with E-state index in [1.165, 1.54) is 0 Å². The highest BCUT2D eigenvalue weighted by atomic mass is 35.5. The number of nitrogens with zero attached hydrogens (tertiary/aromatic N) is 1. The molecule has 0 aliphatic rings. The second kappa shape index (κ2) is 3.76. The maximum atomic E-state index is 4.91. The first kappa shape index (κ1) is 4.76. The molecule has 0 unspecified atom stereocenters. The van der Waals surface area contributed by atoms with Gasteiger partial charge in [0, 0.05) is 0 Å². The van der Waals surface area contributed by atoms with Crippen LogP contribution in [0.1, 0.15) is 0 Å². The van der Waals surface area contributed by atoms with E-state index in [0.29, 0.717) is 0 Å². The molecule has 3 heteroatoms. The first-order chi connectivity index (χ1) is 2.41. The molecule has 0 bridgehead atoms. The third-order valence-corrected chi connectivity index (χ3v) is 0.221. The summed E-state index contributed by atoms with van der Waals surface area (Å²) in [6.07, 6.45) is 0. The summed E-state index contributed by atoms with van der Waals surface area (Å²) < 4.78 is 0. The maximum Gasteiger partial charge on any atom is 0.190 e. The Balaban J connectivity index is 2.40. The molecule has 5 heavy (non-hydrogen) atoms. The van der Waals surface area contributed by atoms with Crippen LogP contribution in [0.25, 0.3) is 0 Å². The minimum absolute atomic E-state index is 0.0243. The molecule has 0 aromatic rings.